The molecule has 0 spiro atoms. The van der Waals surface area contributed by atoms with Crippen molar-refractivity contribution in [2.45, 2.75) is 70.3 Å². The van der Waals surface area contributed by atoms with Gasteiger partial charge in [0.05, 0.1) is 11.2 Å². The van der Waals surface area contributed by atoms with Crippen LogP contribution in [0.5, 0.6) is 0 Å². The lowest BCUT2D eigenvalue weighted by Crippen LogP contribution is -2.57. The van der Waals surface area contributed by atoms with E-state index in [0.29, 0.717) is 50.1 Å². The van der Waals surface area contributed by atoms with E-state index in [2.05, 4.69) is 0 Å². The Bertz CT molecular complexity index is 960. The number of nitro groups is 1. The number of furan rings is 1. The fourth-order valence-corrected chi connectivity index (χ4v) is 6.70. The van der Waals surface area contributed by atoms with Gasteiger partial charge < -0.3 is 19.1 Å². The minimum absolute atomic E-state index is 0.000492. The van der Waals surface area contributed by atoms with E-state index in [9.17, 15) is 19.7 Å². The molecule has 1 saturated heterocycles. The van der Waals surface area contributed by atoms with Crippen molar-refractivity contribution >= 4 is 11.8 Å². The standard InChI is InChI=1S/C26H36N4O5/c31-25(22-11-6-18-35-22)28-16-14-27(15-17-28)23-20-9-4-5-10-21(20)29(26(32)24(23)30(33)34)13-12-19-7-2-1-3-8-19/h6,11,18-21H,1-5,7-10,12-17H2. The minimum Gasteiger partial charge on any atom is -0.459 e. The molecule has 4 aliphatic rings. The van der Waals surface area contributed by atoms with Crippen molar-refractivity contribution in [3.05, 3.63) is 45.7 Å². The Labute approximate surface area is 206 Å². The molecule has 5 rings (SSSR count). The molecular weight excluding hydrogens is 448 g/mol. The molecule has 2 aliphatic carbocycles. The van der Waals surface area contributed by atoms with Crippen molar-refractivity contribution in [2.75, 3.05) is 32.7 Å². The third-order valence-corrected chi connectivity index (χ3v) is 8.51. The predicted octanol–water partition coefficient (Wildman–Crippen LogP) is 3.90. The zero-order valence-electron chi connectivity index (χ0n) is 20.4. The number of carbonyl (C=O) groups excluding carboxylic acids is 2. The van der Waals surface area contributed by atoms with Gasteiger partial charge in [0.25, 0.3) is 5.91 Å². The van der Waals surface area contributed by atoms with Gasteiger partial charge in [-0.3, -0.25) is 19.7 Å². The first-order valence-corrected chi connectivity index (χ1v) is 13.3. The lowest BCUT2D eigenvalue weighted by Gasteiger charge is -2.47. The number of carbonyl (C=O) groups is 2. The first-order valence-electron chi connectivity index (χ1n) is 13.3. The summed E-state index contributed by atoms with van der Waals surface area (Å²) < 4.78 is 5.25. The topological polar surface area (TPSA) is 100 Å². The van der Waals surface area contributed by atoms with E-state index in [-0.39, 0.29) is 23.6 Å². The normalized spacial score (nSPS) is 26.2. The Balaban J connectivity index is 1.35. The van der Waals surface area contributed by atoms with Gasteiger partial charge in [0.2, 0.25) is 0 Å². The van der Waals surface area contributed by atoms with Crippen molar-refractivity contribution in [3.8, 4) is 0 Å². The Hall–Kier alpha value is -2.84. The molecule has 0 radical (unpaired) electrons. The summed E-state index contributed by atoms with van der Waals surface area (Å²) in [6.07, 6.45) is 12.5. The van der Waals surface area contributed by atoms with Crippen LogP contribution < -0.4 is 0 Å². The van der Waals surface area contributed by atoms with Crippen LogP contribution in [0.25, 0.3) is 0 Å². The number of nitrogens with zero attached hydrogens (tertiary/aromatic N) is 4. The summed E-state index contributed by atoms with van der Waals surface area (Å²) in [5, 5.41) is 12.3. The Morgan fingerprint density at radius 2 is 1.74 bits per heavy atom. The van der Waals surface area contributed by atoms with Crippen molar-refractivity contribution in [1.29, 1.82) is 0 Å². The van der Waals surface area contributed by atoms with Crippen LogP contribution in [0.4, 0.5) is 0 Å². The van der Waals surface area contributed by atoms with Crippen LogP contribution in [0.1, 0.15) is 74.8 Å². The summed E-state index contributed by atoms with van der Waals surface area (Å²) in [5.74, 6) is 0.362. The number of hydrogen-bond donors (Lipinski definition) is 0. The molecule has 2 unspecified atom stereocenters. The Morgan fingerprint density at radius 1 is 1.03 bits per heavy atom. The number of rotatable bonds is 6. The van der Waals surface area contributed by atoms with Gasteiger partial charge in [-0.1, -0.05) is 44.9 Å². The summed E-state index contributed by atoms with van der Waals surface area (Å²) in [4.78, 5) is 43.7. The molecule has 0 N–H and O–H groups in total. The third kappa shape index (κ3) is 4.82. The van der Waals surface area contributed by atoms with Gasteiger partial charge in [0.15, 0.2) is 5.76 Å². The largest absolute Gasteiger partial charge is 0.459 e. The highest BCUT2D eigenvalue weighted by Gasteiger charge is 2.50. The summed E-state index contributed by atoms with van der Waals surface area (Å²) in [5.41, 5.74) is 0.381. The second kappa shape index (κ2) is 10.4. The van der Waals surface area contributed by atoms with Crippen LogP contribution in [-0.2, 0) is 4.79 Å². The summed E-state index contributed by atoms with van der Waals surface area (Å²) in [6, 6.07) is 3.38. The van der Waals surface area contributed by atoms with Crippen molar-refractivity contribution in [2.24, 2.45) is 11.8 Å². The molecule has 2 aliphatic heterocycles. The van der Waals surface area contributed by atoms with Gasteiger partial charge in [-0.15, -0.1) is 0 Å². The molecule has 2 saturated carbocycles. The maximum atomic E-state index is 13.6. The van der Waals surface area contributed by atoms with Crippen molar-refractivity contribution in [3.63, 3.8) is 0 Å². The zero-order chi connectivity index (χ0) is 24.4. The quantitative estimate of drug-likeness (QED) is 0.449. The maximum Gasteiger partial charge on any atom is 0.352 e. The molecule has 0 bridgehead atoms. The second-order valence-electron chi connectivity index (χ2n) is 10.5. The molecule has 1 aromatic heterocycles. The number of hydrogen-bond acceptors (Lipinski definition) is 6. The first-order chi connectivity index (χ1) is 17.0. The number of fused-ring (bicyclic) bond motifs is 1. The molecule has 2 atom stereocenters. The summed E-state index contributed by atoms with van der Waals surface area (Å²) in [6.45, 7) is 2.49. The maximum absolute atomic E-state index is 13.6. The Kier molecular flexibility index (Phi) is 7.11. The van der Waals surface area contributed by atoms with Crippen LogP contribution in [0.2, 0.25) is 0 Å². The zero-order valence-corrected chi connectivity index (χ0v) is 20.4. The average molecular weight is 485 g/mol. The summed E-state index contributed by atoms with van der Waals surface area (Å²) >= 11 is 0. The molecular formula is C26H36N4O5. The number of piperazine rings is 1. The lowest BCUT2D eigenvalue weighted by atomic mass is 9.77. The molecule has 9 heteroatoms. The van der Waals surface area contributed by atoms with Gasteiger partial charge in [0.1, 0.15) is 5.70 Å². The fourth-order valence-electron chi connectivity index (χ4n) is 6.70. The van der Waals surface area contributed by atoms with Gasteiger partial charge in [-0.05, 0) is 37.3 Å². The van der Waals surface area contributed by atoms with Crippen molar-refractivity contribution < 1.29 is 18.9 Å². The summed E-state index contributed by atoms with van der Waals surface area (Å²) in [7, 11) is 0. The highest BCUT2D eigenvalue weighted by Crippen LogP contribution is 2.42. The second-order valence-corrected chi connectivity index (χ2v) is 10.5. The molecule has 3 fully saturated rings. The highest BCUT2D eigenvalue weighted by atomic mass is 16.6. The van der Waals surface area contributed by atoms with E-state index in [4.69, 9.17) is 4.42 Å². The SMILES string of the molecule is O=C(c1ccco1)N1CCN(C2=C([N+](=O)[O-])C(=O)N(CCC3CCCCC3)C3CCCCC23)CC1. The van der Waals surface area contributed by atoms with E-state index in [0.717, 1.165) is 32.1 Å². The van der Waals surface area contributed by atoms with E-state index < -0.39 is 10.8 Å². The monoisotopic (exact) mass is 484 g/mol. The van der Waals surface area contributed by atoms with Crippen LogP contribution in [-0.4, -0.2) is 70.2 Å². The van der Waals surface area contributed by atoms with Crippen LogP contribution in [0.3, 0.4) is 0 Å². The molecule has 0 aromatic carbocycles. The fraction of sp³-hybridized carbons (Fsp3) is 0.692. The van der Waals surface area contributed by atoms with Gasteiger partial charge in [0, 0.05) is 44.7 Å². The smallest absolute Gasteiger partial charge is 0.352 e. The van der Waals surface area contributed by atoms with Gasteiger partial charge in [-0.25, -0.2) is 0 Å². The van der Waals surface area contributed by atoms with Crippen LogP contribution in [0, 0.1) is 22.0 Å². The average Bonchev–Trinajstić information content (AvgIpc) is 3.43. The van der Waals surface area contributed by atoms with E-state index in [1.807, 2.05) is 9.80 Å². The molecule has 2 amide bonds. The molecule has 9 nitrogen and oxygen atoms in total. The first kappa shape index (κ1) is 23.9. The lowest BCUT2D eigenvalue weighted by molar-refractivity contribution is -0.424. The molecule has 1 aromatic rings. The van der Waals surface area contributed by atoms with E-state index >= 15 is 0 Å². The third-order valence-electron chi connectivity index (χ3n) is 8.51. The Morgan fingerprint density at radius 3 is 2.43 bits per heavy atom. The molecule has 190 valence electrons. The molecule has 35 heavy (non-hydrogen) atoms. The van der Waals surface area contributed by atoms with Gasteiger partial charge >= 0.3 is 11.6 Å². The van der Waals surface area contributed by atoms with Crippen molar-refractivity contribution in [1.82, 2.24) is 14.7 Å². The minimum atomic E-state index is -0.448. The predicted molar refractivity (Wildman–Crippen MR) is 129 cm³/mol. The van der Waals surface area contributed by atoms with E-state index in [1.165, 1.54) is 38.4 Å². The van der Waals surface area contributed by atoms with Crippen LogP contribution >= 0.6 is 0 Å². The van der Waals surface area contributed by atoms with E-state index in [1.54, 1.807) is 17.0 Å². The molecule has 3 heterocycles. The van der Waals surface area contributed by atoms with Gasteiger partial charge in [-0.2, -0.15) is 0 Å². The highest BCUT2D eigenvalue weighted by molar-refractivity contribution is 5.93. The van der Waals surface area contributed by atoms with Crippen LogP contribution in [0.15, 0.2) is 34.2 Å². The number of amides is 2.